The number of hydrogen-bond acceptors (Lipinski definition) is 12. The highest BCUT2D eigenvalue weighted by molar-refractivity contribution is 6.32. The van der Waals surface area contributed by atoms with Crippen LogP contribution in [-0.4, -0.2) is 43.4 Å². The zero-order valence-corrected chi connectivity index (χ0v) is 36.1. The number of hydrogen-bond donors (Lipinski definition) is 4. The Balaban J connectivity index is 1.19. The van der Waals surface area contributed by atoms with Crippen LogP contribution < -0.4 is 24.3 Å². The zero-order chi connectivity index (χ0) is 45.0. The van der Waals surface area contributed by atoms with Crippen LogP contribution >= 0.6 is 23.2 Å². The first kappa shape index (κ1) is 45.8. The molecule has 0 radical (unpaired) electrons. The zero-order valence-electron chi connectivity index (χ0n) is 34.6. The molecule has 63 heavy (non-hydrogen) atoms. The number of carbonyl (C=O) groups is 1. The van der Waals surface area contributed by atoms with Crippen LogP contribution in [0, 0.1) is 36.5 Å². The summed E-state index contributed by atoms with van der Waals surface area (Å²) in [7, 11) is 0. The standard InChI is InChI=1S/C48H43Cl2N5O8/c1-28-35(26-62-45-14-43(60-24-33-10-31(16-51)18-53-20-33)37(12-41(45)49)22-55-47(30(3)57)48(58)59)6-4-8-39(28)40-9-5-7-36(29(40)2)27-63-46-15-44(38(23-56)13-42(46)50)61-25-34-11-32(17-52)19-54-21-34/h4-15,18-21,30,47,55-57H,22-27H2,1-3H3,(H,58,59). The number of aliphatic carboxylic acids is 1. The highest BCUT2D eigenvalue weighted by atomic mass is 35.5. The van der Waals surface area contributed by atoms with E-state index in [0.29, 0.717) is 61.4 Å². The van der Waals surface area contributed by atoms with Gasteiger partial charge in [-0.15, -0.1) is 0 Å². The number of nitriles is 2. The van der Waals surface area contributed by atoms with E-state index in [1.165, 1.54) is 19.3 Å². The molecular formula is C48H43Cl2N5O8. The van der Waals surface area contributed by atoms with E-state index < -0.39 is 18.1 Å². The van der Waals surface area contributed by atoms with E-state index >= 15 is 0 Å². The normalized spacial score (nSPS) is 11.8. The van der Waals surface area contributed by atoms with Gasteiger partial charge in [-0.1, -0.05) is 59.6 Å². The molecule has 0 saturated heterocycles. The van der Waals surface area contributed by atoms with Crippen molar-refractivity contribution < 1.29 is 39.1 Å². The maximum absolute atomic E-state index is 11.8. The Kier molecular flexibility index (Phi) is 15.6. The van der Waals surface area contributed by atoms with Crippen molar-refractivity contribution in [3.8, 4) is 46.3 Å². The maximum atomic E-state index is 11.8. The Morgan fingerprint density at radius 1 is 0.683 bits per heavy atom. The molecular weight excluding hydrogens is 845 g/mol. The first-order valence-electron chi connectivity index (χ1n) is 19.7. The molecule has 322 valence electrons. The maximum Gasteiger partial charge on any atom is 0.323 e. The van der Waals surface area contributed by atoms with Crippen LogP contribution in [0.25, 0.3) is 11.1 Å². The van der Waals surface area contributed by atoms with Gasteiger partial charge >= 0.3 is 5.97 Å². The number of aliphatic hydroxyl groups is 2. The van der Waals surface area contributed by atoms with Crippen molar-refractivity contribution in [1.29, 1.82) is 10.5 Å². The van der Waals surface area contributed by atoms with E-state index in [1.807, 2.05) is 50.2 Å². The number of aliphatic hydroxyl groups excluding tert-OH is 2. The summed E-state index contributed by atoms with van der Waals surface area (Å²) in [4.78, 5) is 19.9. The van der Waals surface area contributed by atoms with E-state index in [9.17, 15) is 30.6 Å². The third kappa shape index (κ3) is 11.6. The van der Waals surface area contributed by atoms with E-state index in [-0.39, 0.29) is 44.6 Å². The van der Waals surface area contributed by atoms with Crippen LogP contribution in [0.1, 0.15) is 62.6 Å². The lowest BCUT2D eigenvalue weighted by atomic mass is 9.92. The van der Waals surface area contributed by atoms with Gasteiger partial charge in [0.2, 0.25) is 0 Å². The number of ether oxygens (including phenoxy) is 4. The van der Waals surface area contributed by atoms with Crippen molar-refractivity contribution in [2.75, 3.05) is 0 Å². The Labute approximate surface area is 374 Å². The molecule has 0 saturated carbocycles. The molecule has 0 aliphatic rings. The largest absolute Gasteiger partial charge is 0.488 e. The fourth-order valence-corrected chi connectivity index (χ4v) is 7.22. The lowest BCUT2D eigenvalue weighted by Crippen LogP contribution is -2.44. The second-order valence-electron chi connectivity index (χ2n) is 14.6. The van der Waals surface area contributed by atoms with Gasteiger partial charge < -0.3 is 34.3 Å². The summed E-state index contributed by atoms with van der Waals surface area (Å²) in [6.45, 7) is 5.65. The van der Waals surface area contributed by atoms with E-state index in [0.717, 1.165) is 33.4 Å². The molecule has 6 rings (SSSR count). The van der Waals surface area contributed by atoms with Gasteiger partial charge in [-0.05, 0) is 78.4 Å². The SMILES string of the molecule is Cc1c(COc2cc(OCc3cncc(C#N)c3)c(CO)cc2Cl)cccc1-c1cccc(COc2cc(OCc3cncc(C#N)c3)c(CNC(C(=O)O)C(C)O)cc2Cl)c1C. The quantitative estimate of drug-likeness (QED) is 0.0604. The molecule has 13 nitrogen and oxygen atoms in total. The average molecular weight is 889 g/mol. The summed E-state index contributed by atoms with van der Waals surface area (Å²) in [6, 6.07) is 24.7. The second kappa shape index (κ2) is 21.4. The van der Waals surface area contributed by atoms with Crippen molar-refractivity contribution in [2.45, 2.75) is 72.5 Å². The van der Waals surface area contributed by atoms with Crippen molar-refractivity contribution >= 4 is 29.2 Å². The lowest BCUT2D eigenvalue weighted by Gasteiger charge is -2.20. The van der Waals surface area contributed by atoms with Crippen molar-refractivity contribution in [1.82, 2.24) is 15.3 Å². The molecule has 2 unspecified atom stereocenters. The van der Waals surface area contributed by atoms with E-state index in [2.05, 4.69) is 27.4 Å². The molecule has 0 fully saturated rings. The molecule has 0 aliphatic heterocycles. The fraction of sp³-hybridized carbons (Fsp3) is 0.229. The average Bonchev–Trinajstić information content (AvgIpc) is 3.28. The summed E-state index contributed by atoms with van der Waals surface area (Å²) in [6.07, 6.45) is 4.94. The van der Waals surface area contributed by atoms with Crippen LogP contribution in [0.3, 0.4) is 0 Å². The third-order valence-electron chi connectivity index (χ3n) is 10.2. The van der Waals surface area contributed by atoms with Gasteiger partial charge in [0.05, 0.1) is 33.9 Å². The smallest absolute Gasteiger partial charge is 0.323 e. The van der Waals surface area contributed by atoms with Gasteiger partial charge in [0.25, 0.3) is 0 Å². The molecule has 0 aliphatic carbocycles. The number of nitrogens with zero attached hydrogens (tertiary/aromatic N) is 4. The van der Waals surface area contributed by atoms with Crippen molar-refractivity contribution in [3.63, 3.8) is 0 Å². The van der Waals surface area contributed by atoms with Crippen LogP contribution in [0.5, 0.6) is 23.0 Å². The molecule has 6 aromatic rings. The van der Waals surface area contributed by atoms with Crippen LogP contribution in [0.4, 0.5) is 0 Å². The van der Waals surface area contributed by atoms with Crippen molar-refractivity contribution in [3.05, 3.63) is 163 Å². The highest BCUT2D eigenvalue weighted by Crippen LogP contribution is 2.37. The summed E-state index contributed by atoms with van der Waals surface area (Å²) in [5, 5.41) is 51.6. The number of halogens is 2. The number of carboxylic acids is 1. The lowest BCUT2D eigenvalue weighted by molar-refractivity contribution is -0.142. The second-order valence-corrected chi connectivity index (χ2v) is 15.4. The molecule has 0 bridgehead atoms. The summed E-state index contributed by atoms with van der Waals surface area (Å²) in [5.41, 5.74) is 8.90. The Bertz CT molecular complexity index is 2700. The first-order valence-corrected chi connectivity index (χ1v) is 20.4. The summed E-state index contributed by atoms with van der Waals surface area (Å²) in [5.74, 6) is 0.233. The van der Waals surface area contributed by atoms with Gasteiger partial charge in [0.15, 0.2) is 0 Å². The van der Waals surface area contributed by atoms with Crippen LogP contribution in [0.2, 0.25) is 10.0 Å². The van der Waals surface area contributed by atoms with Gasteiger partial charge in [0, 0.05) is 65.7 Å². The molecule has 2 heterocycles. The molecule has 2 atom stereocenters. The fourth-order valence-electron chi connectivity index (χ4n) is 6.74. The molecule has 0 amide bonds. The summed E-state index contributed by atoms with van der Waals surface area (Å²) < 4.78 is 24.7. The van der Waals surface area contributed by atoms with Crippen LogP contribution in [0.15, 0.2) is 97.6 Å². The minimum Gasteiger partial charge on any atom is -0.488 e. The number of nitrogens with one attached hydrogen (secondary N) is 1. The number of pyridine rings is 2. The van der Waals surface area contributed by atoms with Gasteiger partial charge in [-0.25, -0.2) is 0 Å². The predicted molar refractivity (Wildman–Crippen MR) is 235 cm³/mol. The Hall–Kier alpha value is -6.71. The van der Waals surface area contributed by atoms with Gasteiger partial charge in [0.1, 0.15) is 67.6 Å². The number of rotatable bonds is 19. The highest BCUT2D eigenvalue weighted by Gasteiger charge is 2.24. The Morgan fingerprint density at radius 2 is 1.14 bits per heavy atom. The third-order valence-corrected chi connectivity index (χ3v) is 10.8. The van der Waals surface area contributed by atoms with Gasteiger partial charge in [-0.2, -0.15) is 10.5 Å². The van der Waals surface area contributed by atoms with E-state index in [1.54, 1.807) is 48.8 Å². The number of benzene rings is 4. The topological polar surface area (TPSA) is 200 Å². The summed E-state index contributed by atoms with van der Waals surface area (Å²) >= 11 is 13.4. The molecule has 0 spiro atoms. The Morgan fingerprint density at radius 3 is 1.59 bits per heavy atom. The molecule has 4 N–H and O–H groups in total. The van der Waals surface area contributed by atoms with Gasteiger partial charge in [-0.3, -0.25) is 20.1 Å². The predicted octanol–water partition coefficient (Wildman–Crippen LogP) is 8.54. The van der Waals surface area contributed by atoms with Crippen molar-refractivity contribution in [2.24, 2.45) is 0 Å². The molecule has 2 aromatic heterocycles. The van der Waals surface area contributed by atoms with Crippen LogP contribution in [-0.2, 0) is 44.4 Å². The first-order chi connectivity index (χ1) is 30.4. The minimum absolute atomic E-state index is 0.00918. The monoisotopic (exact) mass is 887 g/mol. The molecule has 15 heteroatoms. The molecule has 4 aromatic carbocycles. The number of aromatic nitrogens is 2. The number of carboxylic acid groups (broad SMARTS) is 1. The van der Waals surface area contributed by atoms with E-state index in [4.69, 9.17) is 42.1 Å². The minimum atomic E-state index is -1.24.